The first-order chi connectivity index (χ1) is 9.58. The molecule has 8 heteroatoms. The van der Waals surface area contributed by atoms with Crippen LogP contribution >= 0.6 is 11.3 Å². The number of carboxylic acid groups (broad SMARTS) is 1. The number of hydrogen-bond donors (Lipinski definition) is 2. The molecule has 0 aliphatic carbocycles. The molecule has 0 aliphatic rings. The minimum absolute atomic E-state index is 0.255. The molecule has 20 heavy (non-hydrogen) atoms. The number of aliphatic carboxylic acids is 1. The van der Waals surface area contributed by atoms with E-state index < -0.39 is 23.8 Å². The van der Waals surface area contributed by atoms with Crippen molar-refractivity contribution in [3.05, 3.63) is 44.6 Å². The Labute approximate surface area is 114 Å². The Morgan fingerprint density at radius 1 is 1.45 bits per heavy atom. The Bertz CT molecular complexity index is 900. The van der Waals surface area contributed by atoms with Gasteiger partial charge in [0.2, 0.25) is 0 Å². The number of nitrogens with one attached hydrogen (secondary N) is 1. The number of carboxylic acids is 1. The molecule has 3 rings (SSSR count). The maximum absolute atomic E-state index is 12.3. The fraction of sp³-hybridized carbons (Fsp3) is 0.0833. The summed E-state index contributed by atoms with van der Waals surface area (Å²) in [6.45, 7) is -0.683. The summed E-state index contributed by atoms with van der Waals surface area (Å²) in [7, 11) is 0. The average molecular weight is 292 g/mol. The van der Waals surface area contributed by atoms with Crippen LogP contribution in [0.25, 0.3) is 21.5 Å². The highest BCUT2D eigenvalue weighted by Crippen LogP contribution is 2.30. The number of aromatic nitrogens is 2. The highest BCUT2D eigenvalue weighted by Gasteiger charge is 2.17. The van der Waals surface area contributed by atoms with Gasteiger partial charge in [0.05, 0.1) is 11.6 Å². The first-order valence-electron chi connectivity index (χ1n) is 5.58. The topological polar surface area (TPSA) is 105 Å². The SMILES string of the molecule is O=C(O)Cn1c(=O)[nH]c2scc(-c3ccco3)c2c1=O. The van der Waals surface area contributed by atoms with Gasteiger partial charge in [0.1, 0.15) is 17.1 Å². The van der Waals surface area contributed by atoms with Crippen molar-refractivity contribution in [2.45, 2.75) is 6.54 Å². The molecule has 3 heterocycles. The largest absolute Gasteiger partial charge is 0.480 e. The van der Waals surface area contributed by atoms with Gasteiger partial charge in [-0.2, -0.15) is 0 Å². The molecule has 0 bridgehead atoms. The second kappa shape index (κ2) is 4.49. The highest BCUT2D eigenvalue weighted by molar-refractivity contribution is 7.17. The second-order valence-corrected chi connectivity index (χ2v) is 4.93. The number of aromatic amines is 1. The van der Waals surface area contributed by atoms with Crippen molar-refractivity contribution >= 4 is 27.5 Å². The van der Waals surface area contributed by atoms with Gasteiger partial charge in [-0.3, -0.25) is 14.6 Å². The maximum atomic E-state index is 12.3. The van der Waals surface area contributed by atoms with E-state index in [-0.39, 0.29) is 5.39 Å². The molecule has 7 nitrogen and oxygen atoms in total. The number of fused-ring (bicyclic) bond motifs is 1. The molecule has 0 unspecified atom stereocenters. The van der Waals surface area contributed by atoms with Gasteiger partial charge in [0, 0.05) is 10.9 Å². The number of H-pyrrole nitrogens is 1. The number of hydrogen-bond acceptors (Lipinski definition) is 5. The second-order valence-electron chi connectivity index (χ2n) is 4.05. The summed E-state index contributed by atoms with van der Waals surface area (Å²) in [4.78, 5) is 37.7. The van der Waals surface area contributed by atoms with E-state index in [0.29, 0.717) is 20.7 Å². The summed E-state index contributed by atoms with van der Waals surface area (Å²) in [6, 6.07) is 3.37. The maximum Gasteiger partial charge on any atom is 0.329 e. The number of nitrogens with zero attached hydrogens (tertiary/aromatic N) is 1. The molecule has 0 aromatic carbocycles. The molecule has 3 aromatic heterocycles. The number of carbonyl (C=O) groups is 1. The molecule has 0 saturated carbocycles. The third kappa shape index (κ3) is 1.86. The van der Waals surface area contributed by atoms with Crippen LogP contribution in [0.4, 0.5) is 0 Å². The van der Waals surface area contributed by atoms with Crippen molar-refractivity contribution in [1.82, 2.24) is 9.55 Å². The van der Waals surface area contributed by atoms with Crippen LogP contribution in [0.15, 0.2) is 37.8 Å². The standard InChI is InChI=1S/C12H8N2O5S/c15-8(16)4-14-11(17)9-6(7-2-1-3-19-7)5-20-10(9)13-12(14)18/h1-3,5H,4H2,(H,13,18)(H,15,16). The molecule has 102 valence electrons. The van der Waals surface area contributed by atoms with Crippen LogP contribution in [0.2, 0.25) is 0 Å². The predicted molar refractivity (Wildman–Crippen MR) is 72.0 cm³/mol. The highest BCUT2D eigenvalue weighted by atomic mass is 32.1. The van der Waals surface area contributed by atoms with Gasteiger partial charge >= 0.3 is 11.7 Å². The van der Waals surface area contributed by atoms with Gasteiger partial charge in [-0.05, 0) is 12.1 Å². The molecule has 0 saturated heterocycles. The molecular formula is C12H8N2O5S. The molecule has 0 aliphatic heterocycles. The molecule has 0 spiro atoms. The van der Waals surface area contributed by atoms with E-state index >= 15 is 0 Å². The normalized spacial score (nSPS) is 11.0. The smallest absolute Gasteiger partial charge is 0.329 e. The Hall–Kier alpha value is -2.61. The predicted octanol–water partition coefficient (Wildman–Crippen LogP) is 1.10. The van der Waals surface area contributed by atoms with Gasteiger partial charge in [0.15, 0.2) is 0 Å². The van der Waals surface area contributed by atoms with E-state index in [1.54, 1.807) is 17.5 Å². The zero-order valence-electron chi connectivity index (χ0n) is 9.95. The zero-order valence-corrected chi connectivity index (χ0v) is 10.8. The van der Waals surface area contributed by atoms with E-state index in [2.05, 4.69) is 4.98 Å². The minimum Gasteiger partial charge on any atom is -0.480 e. The molecule has 0 amide bonds. The summed E-state index contributed by atoms with van der Waals surface area (Å²) in [5.41, 5.74) is -0.841. The first kappa shape index (κ1) is 12.4. The lowest BCUT2D eigenvalue weighted by atomic mass is 10.2. The van der Waals surface area contributed by atoms with Crippen LogP contribution < -0.4 is 11.2 Å². The van der Waals surface area contributed by atoms with Gasteiger partial charge in [-0.1, -0.05) is 0 Å². The van der Waals surface area contributed by atoms with Crippen LogP contribution in [0, 0.1) is 0 Å². The molecule has 0 radical (unpaired) electrons. The van der Waals surface area contributed by atoms with E-state index in [1.165, 1.54) is 17.6 Å². The summed E-state index contributed by atoms with van der Waals surface area (Å²) in [6.07, 6.45) is 1.47. The van der Waals surface area contributed by atoms with Gasteiger partial charge < -0.3 is 9.52 Å². The van der Waals surface area contributed by atoms with Crippen molar-refractivity contribution in [3.63, 3.8) is 0 Å². The van der Waals surface area contributed by atoms with Crippen LogP contribution in [0.5, 0.6) is 0 Å². The van der Waals surface area contributed by atoms with Crippen molar-refractivity contribution < 1.29 is 14.3 Å². The van der Waals surface area contributed by atoms with Crippen molar-refractivity contribution in [2.75, 3.05) is 0 Å². The summed E-state index contributed by atoms with van der Waals surface area (Å²) in [5.74, 6) is -0.769. The molecular weight excluding hydrogens is 284 g/mol. The van der Waals surface area contributed by atoms with Crippen LogP contribution in [-0.4, -0.2) is 20.6 Å². The molecule has 3 aromatic rings. The summed E-state index contributed by atoms with van der Waals surface area (Å²) >= 11 is 1.19. The summed E-state index contributed by atoms with van der Waals surface area (Å²) in [5, 5.41) is 10.7. The van der Waals surface area contributed by atoms with E-state index in [1.807, 2.05) is 0 Å². The molecule has 0 atom stereocenters. The van der Waals surface area contributed by atoms with E-state index in [0.717, 1.165) is 0 Å². The Balaban J connectivity index is 2.35. The lowest BCUT2D eigenvalue weighted by molar-refractivity contribution is -0.137. The van der Waals surface area contributed by atoms with Gasteiger partial charge in [-0.15, -0.1) is 11.3 Å². The van der Waals surface area contributed by atoms with Crippen LogP contribution in [0.3, 0.4) is 0 Å². The quantitative estimate of drug-likeness (QED) is 0.752. The third-order valence-corrected chi connectivity index (χ3v) is 3.69. The Morgan fingerprint density at radius 3 is 2.90 bits per heavy atom. The van der Waals surface area contributed by atoms with Crippen molar-refractivity contribution in [1.29, 1.82) is 0 Å². The summed E-state index contributed by atoms with van der Waals surface area (Å²) < 4.78 is 5.90. The first-order valence-corrected chi connectivity index (χ1v) is 6.46. The van der Waals surface area contributed by atoms with Crippen molar-refractivity contribution in [3.8, 4) is 11.3 Å². The molecule has 0 fully saturated rings. The van der Waals surface area contributed by atoms with E-state index in [9.17, 15) is 14.4 Å². The van der Waals surface area contributed by atoms with Gasteiger partial charge in [0.25, 0.3) is 5.56 Å². The van der Waals surface area contributed by atoms with E-state index in [4.69, 9.17) is 9.52 Å². The van der Waals surface area contributed by atoms with Crippen LogP contribution in [0.1, 0.15) is 0 Å². The lowest BCUT2D eigenvalue weighted by Crippen LogP contribution is -2.37. The fourth-order valence-corrected chi connectivity index (χ4v) is 2.88. The lowest BCUT2D eigenvalue weighted by Gasteiger charge is -2.01. The number of thiophene rings is 1. The van der Waals surface area contributed by atoms with Crippen molar-refractivity contribution in [2.24, 2.45) is 0 Å². The minimum atomic E-state index is -1.26. The Kier molecular flexibility index (Phi) is 2.79. The monoisotopic (exact) mass is 292 g/mol. The number of furan rings is 1. The average Bonchev–Trinajstić information content (AvgIpc) is 3.01. The molecule has 2 N–H and O–H groups in total. The number of rotatable bonds is 3. The van der Waals surface area contributed by atoms with Crippen LogP contribution in [-0.2, 0) is 11.3 Å². The fourth-order valence-electron chi connectivity index (χ4n) is 1.95. The van der Waals surface area contributed by atoms with Gasteiger partial charge in [-0.25, -0.2) is 9.36 Å². The zero-order chi connectivity index (χ0) is 14.3. The Morgan fingerprint density at radius 2 is 2.25 bits per heavy atom. The third-order valence-electron chi connectivity index (χ3n) is 2.80.